The van der Waals surface area contributed by atoms with Crippen molar-refractivity contribution in [3.05, 3.63) is 0 Å². The second-order valence-corrected chi connectivity index (χ2v) is 33.1. The van der Waals surface area contributed by atoms with Gasteiger partial charge in [0.2, 0.25) is 0 Å². The summed E-state index contributed by atoms with van der Waals surface area (Å²) in [5.74, 6) is 0.234. The fourth-order valence-electron chi connectivity index (χ4n) is 12.3. The molecular formula is C80H156O17P2. The maximum atomic E-state index is 13.1. The minimum absolute atomic E-state index is 0.104. The van der Waals surface area contributed by atoms with Crippen molar-refractivity contribution in [2.75, 3.05) is 39.6 Å². The Labute approximate surface area is 607 Å². The van der Waals surface area contributed by atoms with Crippen LogP contribution in [0.3, 0.4) is 0 Å². The zero-order chi connectivity index (χ0) is 73.0. The Morgan fingerprint density at radius 2 is 0.465 bits per heavy atom. The number of hydrogen-bond donors (Lipinski definition) is 3. The van der Waals surface area contributed by atoms with Gasteiger partial charge >= 0.3 is 39.5 Å². The first-order valence-corrected chi connectivity index (χ1v) is 44.3. The third kappa shape index (κ3) is 74.1. The van der Waals surface area contributed by atoms with Crippen LogP contribution < -0.4 is 0 Å². The van der Waals surface area contributed by atoms with Gasteiger partial charge < -0.3 is 33.8 Å². The molecule has 0 aromatic heterocycles. The van der Waals surface area contributed by atoms with E-state index in [1.165, 1.54) is 218 Å². The molecule has 0 heterocycles. The Bertz CT molecular complexity index is 1920. The number of carbonyl (C=O) groups is 4. The standard InChI is InChI=1S/C80H156O17P2/c1-8-9-10-11-12-40-47-54-61-77(82)90-67-75(97-80(85)64-57-50-43-36-35-39-46-53-60-73(6)7)69-94-98(86,87)92-65-74(81)66-93-99(88,89)95-70-76(68-91-78(83)62-55-48-41-33-29-25-21-18-17-20-24-28-32-38-45-52-59-72(4)5)96-79(84)63-56-49-42-34-30-26-22-16-14-13-15-19-23-27-31-37-44-51-58-71(2)3/h71-76,81H,8-70H2,1-7H3,(H,86,87)(H,88,89)/t74-,75+,76+/m0/s1. The van der Waals surface area contributed by atoms with Crippen molar-refractivity contribution < 1.29 is 80.2 Å². The molecule has 0 fully saturated rings. The van der Waals surface area contributed by atoms with E-state index in [0.717, 1.165) is 114 Å². The zero-order valence-corrected chi connectivity index (χ0v) is 66.8. The van der Waals surface area contributed by atoms with Crippen molar-refractivity contribution in [3.8, 4) is 0 Å². The third-order valence-corrected chi connectivity index (χ3v) is 20.5. The highest BCUT2D eigenvalue weighted by Gasteiger charge is 2.30. The average molecular weight is 1450 g/mol. The first-order chi connectivity index (χ1) is 47.7. The fourth-order valence-corrected chi connectivity index (χ4v) is 13.9. The number of phosphoric acid groups is 2. The Morgan fingerprint density at radius 3 is 0.687 bits per heavy atom. The Balaban J connectivity index is 5.17. The number of unbranched alkanes of at least 4 members (excludes halogenated alkanes) is 46. The van der Waals surface area contributed by atoms with Crippen molar-refractivity contribution in [2.24, 2.45) is 17.8 Å². The van der Waals surface area contributed by atoms with Crippen LogP contribution in [0.25, 0.3) is 0 Å². The van der Waals surface area contributed by atoms with Crippen molar-refractivity contribution in [3.63, 3.8) is 0 Å². The summed E-state index contributed by atoms with van der Waals surface area (Å²) in [6.45, 7) is 11.9. The number of esters is 4. The molecule has 0 radical (unpaired) electrons. The van der Waals surface area contributed by atoms with Gasteiger partial charge in [0.15, 0.2) is 12.2 Å². The maximum Gasteiger partial charge on any atom is 0.472 e. The molecule has 3 N–H and O–H groups in total. The fraction of sp³-hybridized carbons (Fsp3) is 0.950. The largest absolute Gasteiger partial charge is 0.472 e. The summed E-state index contributed by atoms with van der Waals surface area (Å²) in [6.07, 6.45) is 58.5. The number of hydrogen-bond acceptors (Lipinski definition) is 15. The Kier molecular flexibility index (Phi) is 69.0. The molecule has 0 amide bonds. The predicted molar refractivity (Wildman–Crippen MR) is 405 cm³/mol. The smallest absolute Gasteiger partial charge is 0.462 e. The lowest BCUT2D eigenvalue weighted by molar-refractivity contribution is -0.161. The summed E-state index contributed by atoms with van der Waals surface area (Å²) in [5, 5.41) is 10.6. The van der Waals surface area contributed by atoms with Crippen molar-refractivity contribution >= 4 is 39.5 Å². The van der Waals surface area contributed by atoms with Crippen molar-refractivity contribution in [1.82, 2.24) is 0 Å². The zero-order valence-electron chi connectivity index (χ0n) is 65.0. The van der Waals surface area contributed by atoms with Crippen LogP contribution in [0.5, 0.6) is 0 Å². The summed E-state index contributed by atoms with van der Waals surface area (Å²) in [7, 11) is -9.91. The molecule has 0 aliphatic heterocycles. The van der Waals surface area contributed by atoms with E-state index in [9.17, 15) is 43.2 Å². The monoisotopic (exact) mass is 1450 g/mol. The molecule has 0 spiro atoms. The molecule has 0 bridgehead atoms. The minimum atomic E-state index is -4.96. The minimum Gasteiger partial charge on any atom is -0.462 e. The molecule has 5 atom stereocenters. The number of aliphatic hydroxyl groups excluding tert-OH is 1. The topological polar surface area (TPSA) is 237 Å². The first kappa shape index (κ1) is 97.1. The van der Waals surface area contributed by atoms with Crippen LogP contribution in [0.4, 0.5) is 0 Å². The van der Waals surface area contributed by atoms with Crippen LogP contribution >= 0.6 is 15.6 Å². The highest BCUT2D eigenvalue weighted by molar-refractivity contribution is 7.47. The van der Waals surface area contributed by atoms with Gasteiger partial charge in [-0.3, -0.25) is 37.3 Å². The second kappa shape index (κ2) is 70.4. The summed E-state index contributed by atoms with van der Waals surface area (Å²) >= 11 is 0. The highest BCUT2D eigenvalue weighted by atomic mass is 31.2. The summed E-state index contributed by atoms with van der Waals surface area (Å²) < 4.78 is 68.5. The molecule has 588 valence electrons. The Hall–Kier alpha value is -1.94. The van der Waals surface area contributed by atoms with Crippen molar-refractivity contribution in [2.45, 2.75) is 433 Å². The normalized spacial score (nSPS) is 14.0. The molecule has 19 heteroatoms. The molecule has 99 heavy (non-hydrogen) atoms. The summed E-state index contributed by atoms with van der Waals surface area (Å²) in [4.78, 5) is 72.8. The molecule has 0 aliphatic rings. The van der Waals surface area contributed by atoms with Crippen LogP contribution in [0.1, 0.15) is 414 Å². The van der Waals surface area contributed by atoms with E-state index in [1.807, 2.05) is 0 Å². The van der Waals surface area contributed by atoms with Gasteiger partial charge in [-0.1, -0.05) is 363 Å². The van der Waals surface area contributed by atoms with Gasteiger partial charge in [0, 0.05) is 25.7 Å². The molecule has 0 rings (SSSR count). The molecule has 2 unspecified atom stereocenters. The van der Waals surface area contributed by atoms with E-state index in [4.69, 9.17) is 37.0 Å². The lowest BCUT2D eigenvalue weighted by Gasteiger charge is -2.21. The van der Waals surface area contributed by atoms with E-state index in [1.54, 1.807) is 0 Å². The van der Waals surface area contributed by atoms with Gasteiger partial charge in [0.25, 0.3) is 0 Å². The first-order valence-electron chi connectivity index (χ1n) is 41.3. The van der Waals surface area contributed by atoms with Crippen LogP contribution in [0.2, 0.25) is 0 Å². The van der Waals surface area contributed by atoms with E-state index < -0.39 is 97.5 Å². The van der Waals surface area contributed by atoms with Gasteiger partial charge in [0.05, 0.1) is 26.4 Å². The SMILES string of the molecule is CCCCCCCCCCC(=O)OC[C@H](COP(=O)(O)OC[C@H](O)COP(=O)(O)OC[C@@H](COC(=O)CCCCCCCCCCCCCCCCCCC(C)C)OC(=O)CCCCCCCCCCCCCCCCCCCCC(C)C)OC(=O)CCCCCCCCCCC(C)C. The quantitative estimate of drug-likeness (QED) is 0.0222. The van der Waals surface area contributed by atoms with Gasteiger partial charge in [-0.05, 0) is 43.4 Å². The van der Waals surface area contributed by atoms with Gasteiger partial charge in [-0.25, -0.2) is 9.13 Å². The molecule has 0 aliphatic carbocycles. The van der Waals surface area contributed by atoms with E-state index in [0.29, 0.717) is 25.7 Å². The van der Waals surface area contributed by atoms with Crippen LogP contribution in [-0.2, 0) is 65.4 Å². The van der Waals surface area contributed by atoms with Crippen LogP contribution in [0.15, 0.2) is 0 Å². The Morgan fingerprint density at radius 1 is 0.273 bits per heavy atom. The van der Waals surface area contributed by atoms with Crippen LogP contribution in [0, 0.1) is 17.8 Å². The molecule has 0 aromatic rings. The number of ether oxygens (including phenoxy) is 4. The average Bonchev–Trinajstić information content (AvgIpc) is 1.19. The van der Waals surface area contributed by atoms with Gasteiger partial charge in [-0.15, -0.1) is 0 Å². The van der Waals surface area contributed by atoms with E-state index >= 15 is 0 Å². The van der Waals surface area contributed by atoms with Gasteiger partial charge in [0.1, 0.15) is 19.3 Å². The maximum absolute atomic E-state index is 13.1. The lowest BCUT2D eigenvalue weighted by Crippen LogP contribution is -2.30. The molecule has 0 aromatic carbocycles. The molecule has 0 saturated carbocycles. The summed E-state index contributed by atoms with van der Waals surface area (Å²) in [6, 6.07) is 0. The highest BCUT2D eigenvalue weighted by Crippen LogP contribution is 2.45. The number of rotatable bonds is 78. The van der Waals surface area contributed by atoms with Crippen LogP contribution in [-0.4, -0.2) is 96.7 Å². The van der Waals surface area contributed by atoms with E-state index in [-0.39, 0.29) is 25.7 Å². The summed E-state index contributed by atoms with van der Waals surface area (Å²) in [5.41, 5.74) is 0. The predicted octanol–water partition coefficient (Wildman–Crippen LogP) is 23.7. The lowest BCUT2D eigenvalue weighted by atomic mass is 10.0. The number of aliphatic hydroxyl groups is 1. The van der Waals surface area contributed by atoms with Gasteiger partial charge in [-0.2, -0.15) is 0 Å². The molecule has 0 saturated heterocycles. The van der Waals surface area contributed by atoms with Crippen molar-refractivity contribution in [1.29, 1.82) is 0 Å². The second-order valence-electron chi connectivity index (χ2n) is 30.2. The number of phosphoric ester groups is 2. The molecule has 17 nitrogen and oxygen atoms in total. The number of carbonyl (C=O) groups excluding carboxylic acids is 4. The van der Waals surface area contributed by atoms with E-state index in [2.05, 4.69) is 48.5 Å². The third-order valence-electron chi connectivity index (χ3n) is 18.6. The molecular weight excluding hydrogens is 1290 g/mol.